The second-order valence-electron chi connectivity index (χ2n) is 3.79. The molecule has 0 amide bonds. The zero-order chi connectivity index (χ0) is 12.3. The molecule has 1 aliphatic rings. The summed E-state index contributed by atoms with van der Waals surface area (Å²) in [7, 11) is 0. The predicted molar refractivity (Wildman–Crippen MR) is 60.5 cm³/mol. The number of halogens is 3. The Hall–Kier alpha value is -0.720. The van der Waals surface area contributed by atoms with E-state index in [1.807, 2.05) is 24.3 Å². The lowest BCUT2D eigenvalue weighted by molar-refractivity contribution is -0.192. The SMILES string of the molecule is FC(F)(F)CONC1CSCc2ccccc21. The third-order valence-electron chi connectivity index (χ3n) is 2.43. The van der Waals surface area contributed by atoms with Crippen LogP contribution < -0.4 is 5.48 Å². The Morgan fingerprint density at radius 3 is 2.88 bits per heavy atom. The van der Waals surface area contributed by atoms with Crippen LogP contribution in [0, 0.1) is 0 Å². The lowest BCUT2D eigenvalue weighted by atomic mass is 10.0. The van der Waals surface area contributed by atoms with Crippen LogP contribution in [0.2, 0.25) is 0 Å². The maximum Gasteiger partial charge on any atom is 0.413 e. The first-order valence-corrected chi connectivity index (χ1v) is 6.31. The Kier molecular flexibility index (Phi) is 3.96. The number of nitrogens with one attached hydrogen (secondary N) is 1. The van der Waals surface area contributed by atoms with Crippen molar-refractivity contribution in [1.29, 1.82) is 0 Å². The third-order valence-corrected chi connectivity index (χ3v) is 3.52. The van der Waals surface area contributed by atoms with E-state index in [4.69, 9.17) is 0 Å². The average Bonchev–Trinajstić information content (AvgIpc) is 2.28. The van der Waals surface area contributed by atoms with Crippen LogP contribution in [0.25, 0.3) is 0 Å². The molecular weight excluding hydrogens is 251 g/mol. The molecule has 0 aliphatic carbocycles. The zero-order valence-corrected chi connectivity index (χ0v) is 9.77. The van der Waals surface area contributed by atoms with Gasteiger partial charge in [0.1, 0.15) is 0 Å². The number of thioether (sulfide) groups is 1. The summed E-state index contributed by atoms with van der Waals surface area (Å²) in [5.74, 6) is 1.61. The summed E-state index contributed by atoms with van der Waals surface area (Å²) >= 11 is 1.68. The molecule has 1 heterocycles. The van der Waals surface area contributed by atoms with Crippen molar-refractivity contribution in [2.75, 3.05) is 12.4 Å². The van der Waals surface area contributed by atoms with E-state index >= 15 is 0 Å². The van der Waals surface area contributed by atoms with Gasteiger partial charge >= 0.3 is 6.18 Å². The number of fused-ring (bicyclic) bond motifs is 1. The van der Waals surface area contributed by atoms with E-state index in [1.165, 1.54) is 0 Å². The van der Waals surface area contributed by atoms with Crippen LogP contribution in [-0.4, -0.2) is 18.5 Å². The van der Waals surface area contributed by atoms with Gasteiger partial charge in [-0.15, -0.1) is 0 Å². The first-order valence-electron chi connectivity index (χ1n) is 5.16. The lowest BCUT2D eigenvalue weighted by Gasteiger charge is -2.25. The number of alkyl halides is 3. The van der Waals surface area contributed by atoms with E-state index < -0.39 is 12.8 Å². The van der Waals surface area contributed by atoms with Gasteiger partial charge in [0.2, 0.25) is 0 Å². The molecule has 17 heavy (non-hydrogen) atoms. The van der Waals surface area contributed by atoms with Gasteiger partial charge in [0.15, 0.2) is 6.61 Å². The van der Waals surface area contributed by atoms with Gasteiger partial charge in [-0.25, -0.2) is 0 Å². The molecule has 0 aromatic heterocycles. The van der Waals surface area contributed by atoms with E-state index in [9.17, 15) is 13.2 Å². The maximum absolute atomic E-state index is 11.9. The molecule has 0 bridgehead atoms. The lowest BCUT2D eigenvalue weighted by Crippen LogP contribution is -2.31. The molecule has 1 aromatic rings. The Labute approximate surface area is 101 Å². The zero-order valence-electron chi connectivity index (χ0n) is 8.96. The van der Waals surface area contributed by atoms with Gasteiger partial charge in [0.05, 0.1) is 6.04 Å². The minimum absolute atomic E-state index is 0.174. The number of hydrogen-bond donors (Lipinski definition) is 1. The van der Waals surface area contributed by atoms with Crippen LogP contribution in [0.15, 0.2) is 24.3 Å². The second-order valence-corrected chi connectivity index (χ2v) is 4.82. The standard InChI is InChI=1S/C11H12F3NOS/c12-11(13,14)7-16-15-10-6-17-5-8-3-1-2-4-9(8)10/h1-4,10,15H,5-7H2. The normalized spacial score (nSPS) is 20.1. The first-order chi connectivity index (χ1) is 8.06. The van der Waals surface area contributed by atoms with Gasteiger partial charge in [0, 0.05) is 11.5 Å². The van der Waals surface area contributed by atoms with Crippen LogP contribution in [-0.2, 0) is 10.6 Å². The fourth-order valence-corrected chi connectivity index (χ4v) is 2.79. The Bertz CT molecular complexity index is 383. The highest BCUT2D eigenvalue weighted by atomic mass is 32.2. The molecule has 0 spiro atoms. The summed E-state index contributed by atoms with van der Waals surface area (Å²) in [6.45, 7) is -1.27. The van der Waals surface area contributed by atoms with Crippen LogP contribution in [0.5, 0.6) is 0 Å². The molecule has 0 radical (unpaired) electrons. The highest BCUT2D eigenvalue weighted by Crippen LogP contribution is 2.31. The molecule has 0 saturated carbocycles. The molecule has 1 atom stereocenters. The van der Waals surface area contributed by atoms with E-state index in [0.717, 1.165) is 22.6 Å². The Morgan fingerprint density at radius 2 is 2.12 bits per heavy atom. The van der Waals surface area contributed by atoms with Crippen molar-refractivity contribution < 1.29 is 18.0 Å². The summed E-state index contributed by atoms with van der Waals surface area (Å²) < 4.78 is 35.8. The van der Waals surface area contributed by atoms with Crippen molar-refractivity contribution in [3.05, 3.63) is 35.4 Å². The number of benzene rings is 1. The minimum Gasteiger partial charge on any atom is -0.292 e. The van der Waals surface area contributed by atoms with Gasteiger partial charge in [0.25, 0.3) is 0 Å². The average molecular weight is 263 g/mol. The summed E-state index contributed by atoms with van der Waals surface area (Å²) in [4.78, 5) is 4.51. The quantitative estimate of drug-likeness (QED) is 0.847. The minimum atomic E-state index is -4.30. The Morgan fingerprint density at radius 1 is 1.35 bits per heavy atom. The van der Waals surface area contributed by atoms with Crippen molar-refractivity contribution in [2.45, 2.75) is 18.0 Å². The van der Waals surface area contributed by atoms with Gasteiger partial charge in [-0.05, 0) is 11.1 Å². The van der Waals surface area contributed by atoms with E-state index in [-0.39, 0.29) is 6.04 Å². The van der Waals surface area contributed by atoms with Crippen molar-refractivity contribution in [3.8, 4) is 0 Å². The smallest absolute Gasteiger partial charge is 0.292 e. The van der Waals surface area contributed by atoms with Gasteiger partial charge in [-0.2, -0.15) is 30.4 Å². The summed E-state index contributed by atoms with van der Waals surface area (Å²) in [6.07, 6.45) is -4.30. The highest BCUT2D eigenvalue weighted by molar-refractivity contribution is 7.98. The third kappa shape index (κ3) is 3.62. The molecule has 0 fully saturated rings. The fourth-order valence-electron chi connectivity index (χ4n) is 1.70. The molecule has 94 valence electrons. The van der Waals surface area contributed by atoms with Crippen molar-refractivity contribution in [2.24, 2.45) is 0 Å². The summed E-state index contributed by atoms with van der Waals surface area (Å²) in [6, 6.07) is 7.54. The molecule has 2 nitrogen and oxygen atoms in total. The van der Waals surface area contributed by atoms with E-state index in [0.29, 0.717) is 0 Å². The van der Waals surface area contributed by atoms with Crippen LogP contribution in [0.4, 0.5) is 13.2 Å². The van der Waals surface area contributed by atoms with Crippen LogP contribution in [0.1, 0.15) is 17.2 Å². The molecule has 0 saturated heterocycles. The van der Waals surface area contributed by atoms with E-state index in [1.54, 1.807) is 11.8 Å². The second kappa shape index (κ2) is 5.29. The maximum atomic E-state index is 11.9. The van der Waals surface area contributed by atoms with Crippen molar-refractivity contribution in [1.82, 2.24) is 5.48 Å². The van der Waals surface area contributed by atoms with Gasteiger partial charge < -0.3 is 0 Å². The summed E-state index contributed by atoms with van der Waals surface area (Å²) in [5.41, 5.74) is 4.67. The van der Waals surface area contributed by atoms with Crippen LogP contribution >= 0.6 is 11.8 Å². The van der Waals surface area contributed by atoms with E-state index in [2.05, 4.69) is 10.3 Å². The van der Waals surface area contributed by atoms with Crippen molar-refractivity contribution in [3.63, 3.8) is 0 Å². The first kappa shape index (κ1) is 12.7. The number of rotatable bonds is 3. The molecular formula is C11H12F3NOS. The van der Waals surface area contributed by atoms with Gasteiger partial charge in [-0.3, -0.25) is 4.84 Å². The van der Waals surface area contributed by atoms with Gasteiger partial charge in [-0.1, -0.05) is 24.3 Å². The largest absolute Gasteiger partial charge is 0.413 e. The molecule has 2 rings (SSSR count). The molecule has 1 unspecified atom stereocenters. The molecule has 1 aromatic carbocycles. The molecule has 6 heteroatoms. The highest BCUT2D eigenvalue weighted by Gasteiger charge is 2.29. The predicted octanol–water partition coefficient (Wildman–Crippen LogP) is 3.06. The summed E-state index contributed by atoms with van der Waals surface area (Å²) in [5, 5.41) is 0. The van der Waals surface area contributed by atoms with Crippen molar-refractivity contribution >= 4 is 11.8 Å². The molecule has 1 aliphatic heterocycles. The fraction of sp³-hybridized carbons (Fsp3) is 0.455. The monoisotopic (exact) mass is 263 g/mol. The number of hydroxylamine groups is 1. The van der Waals surface area contributed by atoms with Crippen LogP contribution in [0.3, 0.4) is 0 Å². The topological polar surface area (TPSA) is 21.3 Å². The number of hydrogen-bond acceptors (Lipinski definition) is 3. The molecule has 1 N–H and O–H groups in total. The Balaban J connectivity index is 1.95.